The first-order valence-corrected chi connectivity index (χ1v) is 13.6. The summed E-state index contributed by atoms with van der Waals surface area (Å²) < 4.78 is 23.2. The fourth-order valence-corrected chi connectivity index (χ4v) is 6.33. The van der Waals surface area contributed by atoms with E-state index < -0.39 is 71.1 Å². The van der Waals surface area contributed by atoms with Crippen LogP contribution in [0.25, 0.3) is 0 Å². The fraction of sp³-hybridized carbons (Fsp3) is 0.724. The number of rotatable bonds is 6. The van der Waals surface area contributed by atoms with Crippen molar-refractivity contribution in [3.63, 3.8) is 0 Å². The Morgan fingerprint density at radius 2 is 1.79 bits per heavy atom. The van der Waals surface area contributed by atoms with Crippen LogP contribution in [-0.4, -0.2) is 59.0 Å². The molecular formula is C29H42O9. The highest BCUT2D eigenvalue weighted by atomic mass is 16.6. The average molecular weight is 535 g/mol. The van der Waals surface area contributed by atoms with Gasteiger partial charge in [0.05, 0.1) is 5.92 Å². The van der Waals surface area contributed by atoms with Gasteiger partial charge in [-0.3, -0.25) is 19.2 Å². The number of unbranched alkanes of at least 4 members (excludes halogenated alkanes) is 1. The number of fused-ring (bicyclic) bond motifs is 2. The molecule has 1 fully saturated rings. The van der Waals surface area contributed by atoms with Crippen molar-refractivity contribution in [3.8, 4) is 0 Å². The highest BCUT2D eigenvalue weighted by molar-refractivity contribution is 5.77. The van der Waals surface area contributed by atoms with Gasteiger partial charge in [0.2, 0.25) is 0 Å². The van der Waals surface area contributed by atoms with Gasteiger partial charge in [0, 0.05) is 37.5 Å². The molecule has 0 spiro atoms. The molecule has 212 valence electrons. The van der Waals surface area contributed by atoms with Gasteiger partial charge in [-0.05, 0) is 45.3 Å². The van der Waals surface area contributed by atoms with Crippen molar-refractivity contribution in [2.75, 3.05) is 0 Å². The first-order chi connectivity index (χ1) is 17.7. The number of carbonyl (C=O) groups excluding carboxylic acids is 4. The summed E-state index contributed by atoms with van der Waals surface area (Å²) in [5.74, 6) is -4.25. The van der Waals surface area contributed by atoms with Crippen LogP contribution in [-0.2, 0) is 38.1 Å². The predicted molar refractivity (Wildman–Crippen MR) is 137 cm³/mol. The summed E-state index contributed by atoms with van der Waals surface area (Å²) in [6, 6.07) is 0. The Kier molecular flexibility index (Phi) is 9.12. The Bertz CT molecular complexity index is 1000. The maximum atomic E-state index is 12.8. The number of hydrogen-bond donors (Lipinski definition) is 1. The summed E-state index contributed by atoms with van der Waals surface area (Å²) in [4.78, 5) is 50.1. The van der Waals surface area contributed by atoms with Crippen molar-refractivity contribution < 1.29 is 43.2 Å². The molecule has 0 aromatic carbocycles. The van der Waals surface area contributed by atoms with Crippen molar-refractivity contribution in [3.05, 3.63) is 23.8 Å². The Morgan fingerprint density at radius 3 is 2.39 bits per heavy atom. The first kappa shape index (κ1) is 29.9. The second-order valence-corrected chi connectivity index (χ2v) is 11.3. The molecule has 0 bridgehead atoms. The monoisotopic (exact) mass is 534 g/mol. The molecule has 1 N–H and O–H groups in total. The second kappa shape index (κ2) is 11.6. The van der Waals surface area contributed by atoms with Crippen LogP contribution >= 0.6 is 0 Å². The molecule has 0 amide bonds. The van der Waals surface area contributed by atoms with Crippen LogP contribution in [0.5, 0.6) is 0 Å². The molecule has 3 aliphatic rings. The Morgan fingerprint density at radius 1 is 1.13 bits per heavy atom. The van der Waals surface area contributed by atoms with E-state index in [1.54, 1.807) is 19.1 Å². The smallest absolute Gasteiger partial charge is 0.312 e. The molecule has 9 unspecified atom stereocenters. The van der Waals surface area contributed by atoms with E-state index in [9.17, 15) is 24.3 Å². The van der Waals surface area contributed by atoms with Gasteiger partial charge < -0.3 is 24.1 Å². The van der Waals surface area contributed by atoms with Gasteiger partial charge in [-0.1, -0.05) is 38.8 Å². The van der Waals surface area contributed by atoms with E-state index in [0.717, 1.165) is 12.0 Å². The summed E-state index contributed by atoms with van der Waals surface area (Å²) in [6.07, 6.45) is 4.51. The first-order valence-electron chi connectivity index (χ1n) is 13.6. The minimum absolute atomic E-state index is 0.272. The number of hydrogen-bond acceptors (Lipinski definition) is 9. The van der Waals surface area contributed by atoms with Gasteiger partial charge in [0.1, 0.15) is 18.3 Å². The van der Waals surface area contributed by atoms with Crippen LogP contribution in [0.2, 0.25) is 0 Å². The maximum Gasteiger partial charge on any atom is 0.312 e. The normalized spacial score (nSPS) is 38.7. The second-order valence-electron chi connectivity index (χ2n) is 11.3. The highest BCUT2D eigenvalue weighted by Gasteiger charge is 2.66. The quantitative estimate of drug-likeness (QED) is 0.307. The SMILES string of the molecule is CCCCC(=O)OC1C=CC2(C)C(OC(C)=O)CCC(C)=CC3OC(=O)C(C)C3(O)C(OC(C)=O)C2C1C. The molecule has 3 rings (SSSR count). The van der Waals surface area contributed by atoms with E-state index in [-0.39, 0.29) is 12.4 Å². The van der Waals surface area contributed by atoms with E-state index >= 15 is 0 Å². The van der Waals surface area contributed by atoms with E-state index in [2.05, 4.69) is 0 Å². The van der Waals surface area contributed by atoms with Crippen molar-refractivity contribution in [2.24, 2.45) is 23.2 Å². The lowest BCUT2D eigenvalue weighted by Crippen LogP contribution is -2.64. The fourth-order valence-electron chi connectivity index (χ4n) is 6.33. The van der Waals surface area contributed by atoms with Gasteiger partial charge >= 0.3 is 23.9 Å². The Hall–Kier alpha value is -2.68. The third-order valence-electron chi connectivity index (χ3n) is 8.51. The minimum atomic E-state index is -1.91. The lowest BCUT2D eigenvalue weighted by molar-refractivity contribution is -0.211. The zero-order valence-electron chi connectivity index (χ0n) is 23.5. The molecule has 1 saturated heterocycles. The Balaban J connectivity index is 2.22. The van der Waals surface area contributed by atoms with Gasteiger partial charge in [0.15, 0.2) is 11.7 Å². The van der Waals surface area contributed by atoms with Crippen molar-refractivity contribution >= 4 is 23.9 Å². The molecule has 0 saturated carbocycles. The van der Waals surface area contributed by atoms with Crippen LogP contribution in [0.1, 0.15) is 80.6 Å². The van der Waals surface area contributed by atoms with E-state index in [0.29, 0.717) is 19.3 Å². The lowest BCUT2D eigenvalue weighted by Gasteiger charge is -2.53. The van der Waals surface area contributed by atoms with E-state index in [1.165, 1.54) is 13.8 Å². The lowest BCUT2D eigenvalue weighted by atomic mass is 9.56. The minimum Gasteiger partial charge on any atom is -0.462 e. The zero-order valence-corrected chi connectivity index (χ0v) is 23.5. The van der Waals surface area contributed by atoms with Crippen molar-refractivity contribution in [1.29, 1.82) is 0 Å². The van der Waals surface area contributed by atoms with Crippen LogP contribution in [0.4, 0.5) is 0 Å². The van der Waals surface area contributed by atoms with Crippen molar-refractivity contribution in [1.82, 2.24) is 0 Å². The molecule has 0 aromatic rings. The number of esters is 4. The predicted octanol–water partition coefficient (Wildman–Crippen LogP) is 3.81. The average Bonchev–Trinajstić information content (AvgIpc) is 3.04. The molecule has 2 aliphatic carbocycles. The summed E-state index contributed by atoms with van der Waals surface area (Å²) in [5, 5.41) is 12.3. The van der Waals surface area contributed by atoms with Crippen LogP contribution in [0.15, 0.2) is 23.8 Å². The van der Waals surface area contributed by atoms with Gasteiger partial charge in [-0.2, -0.15) is 0 Å². The third kappa shape index (κ3) is 5.67. The molecule has 9 heteroatoms. The Labute approximate surface area is 224 Å². The van der Waals surface area contributed by atoms with E-state index in [4.69, 9.17) is 18.9 Å². The molecule has 38 heavy (non-hydrogen) atoms. The van der Waals surface area contributed by atoms with Crippen LogP contribution in [0, 0.1) is 23.2 Å². The van der Waals surface area contributed by atoms with Crippen molar-refractivity contribution in [2.45, 2.75) is 111 Å². The molecule has 0 aromatic heterocycles. The molecular weight excluding hydrogens is 492 g/mol. The van der Waals surface area contributed by atoms with Gasteiger partial charge in [-0.15, -0.1) is 0 Å². The summed E-state index contributed by atoms with van der Waals surface area (Å²) in [6.45, 7) is 11.7. The molecule has 9 atom stereocenters. The topological polar surface area (TPSA) is 125 Å². The van der Waals surface area contributed by atoms with Crippen LogP contribution < -0.4 is 0 Å². The van der Waals surface area contributed by atoms with E-state index in [1.807, 2.05) is 33.8 Å². The number of aliphatic hydroxyl groups is 1. The standard InChI is InChI=1S/C29H42O9/c1-8-9-10-24(32)37-21-13-14-28(7)22(35-19(5)30)12-11-16(2)15-23-29(34,18(4)27(33)38-23)26(36-20(6)31)25(28)17(21)3/h13-15,17-18,21-23,25-26,34H,8-12H2,1-7H3. The maximum absolute atomic E-state index is 12.8. The van der Waals surface area contributed by atoms with Crippen LogP contribution in [0.3, 0.4) is 0 Å². The zero-order chi connectivity index (χ0) is 28.4. The summed E-state index contributed by atoms with van der Waals surface area (Å²) >= 11 is 0. The van der Waals surface area contributed by atoms with Gasteiger partial charge in [0.25, 0.3) is 0 Å². The molecule has 0 radical (unpaired) electrons. The molecule has 9 nitrogen and oxygen atoms in total. The number of carbonyl (C=O) groups is 4. The molecule has 1 heterocycles. The number of allylic oxidation sites excluding steroid dienone is 1. The summed E-state index contributed by atoms with van der Waals surface area (Å²) in [5.41, 5.74) is -2.02. The highest BCUT2D eigenvalue weighted by Crippen LogP contribution is 2.54. The largest absolute Gasteiger partial charge is 0.462 e. The van der Waals surface area contributed by atoms with Gasteiger partial charge in [-0.25, -0.2) is 0 Å². The summed E-state index contributed by atoms with van der Waals surface area (Å²) in [7, 11) is 0. The number of ether oxygens (including phenoxy) is 4. The third-order valence-corrected chi connectivity index (χ3v) is 8.51. The molecule has 1 aliphatic heterocycles.